The zero-order valence-electron chi connectivity index (χ0n) is 24.3. The molecule has 232 valence electrons. The maximum atomic E-state index is 14.1. The number of hydrogen-bond acceptors (Lipinski definition) is 4. The minimum atomic E-state index is -3.77. The summed E-state index contributed by atoms with van der Waals surface area (Å²) in [5.41, 5.74) is 3.66. The van der Waals surface area contributed by atoms with E-state index in [0.29, 0.717) is 42.2 Å². The zero-order chi connectivity index (χ0) is 31.4. The molecule has 1 atom stereocenters. The lowest BCUT2D eigenvalue weighted by molar-refractivity contribution is 0.590. The summed E-state index contributed by atoms with van der Waals surface area (Å²) in [6.07, 6.45) is 7.35. The van der Waals surface area contributed by atoms with Gasteiger partial charge in [0.25, 0.3) is 0 Å². The highest BCUT2D eigenvalue weighted by Gasteiger charge is 2.27. The van der Waals surface area contributed by atoms with Crippen molar-refractivity contribution in [2.75, 3.05) is 59.5 Å². The Hall–Kier alpha value is -2.67. The summed E-state index contributed by atoms with van der Waals surface area (Å²) in [6, 6.07) is 28.7. The highest BCUT2D eigenvalue weighted by atomic mass is 35.5. The van der Waals surface area contributed by atoms with Gasteiger partial charge in [0.05, 0.1) is 4.90 Å². The van der Waals surface area contributed by atoms with Gasteiger partial charge in [0.15, 0.2) is 9.84 Å². The molecular formula is C35H36Cl4N2O2S. The summed E-state index contributed by atoms with van der Waals surface area (Å²) in [4.78, 5) is 4.51. The number of fused-ring (bicyclic) bond motifs is 1. The van der Waals surface area contributed by atoms with Gasteiger partial charge in [-0.3, -0.25) is 0 Å². The summed E-state index contributed by atoms with van der Waals surface area (Å²) in [6.45, 7) is 2.74. The summed E-state index contributed by atoms with van der Waals surface area (Å²) >= 11 is 23.9. The Morgan fingerprint density at radius 1 is 0.614 bits per heavy atom. The Balaban J connectivity index is 1.63. The van der Waals surface area contributed by atoms with E-state index in [2.05, 4.69) is 9.80 Å². The third kappa shape index (κ3) is 8.95. The predicted molar refractivity (Wildman–Crippen MR) is 192 cm³/mol. The van der Waals surface area contributed by atoms with Gasteiger partial charge in [-0.05, 0) is 58.3 Å². The molecule has 0 fully saturated rings. The lowest BCUT2D eigenvalue weighted by atomic mass is 10.1. The van der Waals surface area contributed by atoms with Crippen LogP contribution in [-0.4, -0.2) is 58.1 Å². The van der Waals surface area contributed by atoms with E-state index in [9.17, 15) is 8.42 Å². The first kappa shape index (κ1) is 34.2. The van der Waals surface area contributed by atoms with Gasteiger partial charge in [0.1, 0.15) is 5.25 Å². The van der Waals surface area contributed by atoms with E-state index < -0.39 is 15.1 Å². The van der Waals surface area contributed by atoms with E-state index in [1.165, 1.54) is 0 Å². The fraction of sp³-hybridized carbons (Fsp3) is 0.257. The number of rotatable bonds is 16. The molecule has 44 heavy (non-hydrogen) atoms. The highest BCUT2D eigenvalue weighted by Crippen LogP contribution is 2.33. The summed E-state index contributed by atoms with van der Waals surface area (Å²) in [7, 11) is -3.77. The summed E-state index contributed by atoms with van der Waals surface area (Å²) < 4.78 is 28.3. The van der Waals surface area contributed by atoms with Crippen LogP contribution in [0.25, 0.3) is 16.8 Å². The number of alkyl halides is 4. The molecule has 9 heteroatoms. The van der Waals surface area contributed by atoms with Crippen LogP contribution in [0, 0.1) is 0 Å². The van der Waals surface area contributed by atoms with Gasteiger partial charge < -0.3 is 9.80 Å². The molecular weight excluding hydrogens is 654 g/mol. The van der Waals surface area contributed by atoms with Crippen LogP contribution in [0.5, 0.6) is 0 Å². The Bertz CT molecular complexity index is 1630. The molecule has 0 bridgehead atoms. The van der Waals surface area contributed by atoms with Crippen molar-refractivity contribution in [2.24, 2.45) is 0 Å². The van der Waals surface area contributed by atoms with Gasteiger partial charge in [0.2, 0.25) is 0 Å². The molecule has 0 radical (unpaired) electrons. The van der Waals surface area contributed by atoms with Crippen LogP contribution in [-0.2, 0) is 9.84 Å². The number of sulfone groups is 1. The average molecular weight is 691 g/mol. The minimum Gasteiger partial charge on any atom is -0.369 e. The Kier molecular flexibility index (Phi) is 13.3. The lowest BCUT2D eigenvalue weighted by Gasteiger charge is -2.23. The van der Waals surface area contributed by atoms with Crippen molar-refractivity contribution in [1.29, 1.82) is 0 Å². The molecule has 4 aromatic rings. The van der Waals surface area contributed by atoms with Crippen molar-refractivity contribution in [3.63, 3.8) is 0 Å². The number of hydrogen-bond donors (Lipinski definition) is 0. The molecule has 0 N–H and O–H groups in total. The molecule has 0 amide bonds. The van der Waals surface area contributed by atoms with Gasteiger partial charge in [-0.1, -0.05) is 78.9 Å². The van der Waals surface area contributed by atoms with Crippen molar-refractivity contribution in [2.45, 2.75) is 10.1 Å². The van der Waals surface area contributed by atoms with Crippen molar-refractivity contribution in [3.8, 4) is 0 Å². The third-order valence-electron chi connectivity index (χ3n) is 7.33. The quantitative estimate of drug-likeness (QED) is 0.0869. The third-order valence-corrected chi connectivity index (χ3v) is 10.0. The second kappa shape index (κ2) is 17.1. The van der Waals surface area contributed by atoms with Crippen LogP contribution in [0.1, 0.15) is 16.4 Å². The smallest absolute Gasteiger partial charge is 0.188 e. The average Bonchev–Trinajstić information content (AvgIpc) is 3.04. The van der Waals surface area contributed by atoms with Gasteiger partial charge >= 0.3 is 0 Å². The molecule has 0 saturated carbocycles. The fourth-order valence-electron chi connectivity index (χ4n) is 5.04. The summed E-state index contributed by atoms with van der Waals surface area (Å²) in [5.74, 6) is 1.98. The standard InChI is InChI=1S/C35H36Cl4N2O2S/c36-19-23-40(24-20-37)32-14-9-28(10-15-32)5-1-4-8-35(30-11-16-33(17-12-30)41(25-21-38)26-22-39)44(42,43)34-18-13-29-6-2-3-7-31(29)27-34/h1-18,27,35H,19-26H2. The van der Waals surface area contributed by atoms with Crippen LogP contribution >= 0.6 is 46.4 Å². The number of nitrogens with zero attached hydrogens (tertiary/aromatic N) is 2. The van der Waals surface area contributed by atoms with E-state index >= 15 is 0 Å². The highest BCUT2D eigenvalue weighted by molar-refractivity contribution is 7.91. The SMILES string of the molecule is O=S(=O)(c1ccc2ccccc2c1)C(C=CC=Cc1ccc(N(CCCl)CCCl)cc1)c1ccc(N(CCCl)CCCl)cc1. The van der Waals surface area contributed by atoms with Crippen LogP contribution < -0.4 is 9.80 Å². The maximum Gasteiger partial charge on any atom is 0.188 e. The molecule has 0 aliphatic heterocycles. The first-order chi connectivity index (χ1) is 21.4. The van der Waals surface area contributed by atoms with Gasteiger partial charge in [0, 0.05) is 61.1 Å². The number of anilines is 2. The van der Waals surface area contributed by atoms with Crippen molar-refractivity contribution < 1.29 is 8.42 Å². The van der Waals surface area contributed by atoms with Crippen LogP contribution in [0.3, 0.4) is 0 Å². The largest absolute Gasteiger partial charge is 0.369 e. The van der Waals surface area contributed by atoms with Crippen LogP contribution in [0.4, 0.5) is 11.4 Å². The Labute approximate surface area is 281 Å². The Morgan fingerprint density at radius 2 is 1.14 bits per heavy atom. The van der Waals surface area contributed by atoms with Crippen LogP contribution in [0.2, 0.25) is 0 Å². The van der Waals surface area contributed by atoms with Gasteiger partial charge in [-0.15, -0.1) is 46.4 Å². The zero-order valence-corrected chi connectivity index (χ0v) is 28.2. The minimum absolute atomic E-state index is 0.277. The Morgan fingerprint density at radius 3 is 1.68 bits per heavy atom. The molecule has 4 aromatic carbocycles. The molecule has 0 aliphatic rings. The first-order valence-corrected chi connectivity index (χ1v) is 18.1. The van der Waals surface area contributed by atoms with E-state index in [4.69, 9.17) is 46.4 Å². The molecule has 0 aliphatic carbocycles. The second-order valence-corrected chi connectivity index (χ2v) is 13.7. The van der Waals surface area contributed by atoms with E-state index in [0.717, 1.165) is 40.8 Å². The lowest BCUT2D eigenvalue weighted by Crippen LogP contribution is -2.27. The van der Waals surface area contributed by atoms with Gasteiger partial charge in [-0.2, -0.15) is 0 Å². The normalized spacial score (nSPS) is 12.7. The van der Waals surface area contributed by atoms with Crippen molar-refractivity contribution in [1.82, 2.24) is 0 Å². The van der Waals surface area contributed by atoms with E-state index in [1.54, 1.807) is 24.3 Å². The molecule has 0 saturated heterocycles. The summed E-state index contributed by atoms with van der Waals surface area (Å²) in [5, 5.41) is 0.978. The molecule has 0 heterocycles. The van der Waals surface area contributed by atoms with Crippen molar-refractivity contribution in [3.05, 3.63) is 120 Å². The van der Waals surface area contributed by atoms with E-state index in [-0.39, 0.29) is 4.90 Å². The number of allylic oxidation sites excluding steroid dienone is 2. The molecule has 1 unspecified atom stereocenters. The van der Waals surface area contributed by atoms with E-state index in [1.807, 2.05) is 91.0 Å². The number of halogens is 4. The molecule has 0 spiro atoms. The monoisotopic (exact) mass is 688 g/mol. The molecule has 0 aromatic heterocycles. The number of benzene rings is 4. The van der Waals surface area contributed by atoms with Crippen LogP contribution in [0.15, 0.2) is 114 Å². The van der Waals surface area contributed by atoms with Gasteiger partial charge in [-0.25, -0.2) is 8.42 Å². The molecule has 4 nitrogen and oxygen atoms in total. The predicted octanol–water partition coefficient (Wildman–Crippen LogP) is 9.19. The second-order valence-electron chi connectivity index (χ2n) is 10.1. The molecule has 4 rings (SSSR count). The maximum absolute atomic E-state index is 14.1. The fourth-order valence-corrected chi connectivity index (χ4v) is 7.51. The topological polar surface area (TPSA) is 40.6 Å². The van der Waals surface area contributed by atoms with Crippen molar-refractivity contribution >= 4 is 84.5 Å². The first-order valence-electron chi connectivity index (χ1n) is 14.4.